The van der Waals surface area contributed by atoms with Crippen molar-refractivity contribution in [3.63, 3.8) is 0 Å². The van der Waals surface area contributed by atoms with Crippen molar-refractivity contribution in [1.82, 2.24) is 4.31 Å². The van der Waals surface area contributed by atoms with Crippen LogP contribution in [0.4, 0.5) is 13.2 Å². The lowest BCUT2D eigenvalue weighted by Gasteiger charge is -2.20. The molecule has 1 aromatic carbocycles. The summed E-state index contributed by atoms with van der Waals surface area (Å²) in [5.41, 5.74) is -0.930. The summed E-state index contributed by atoms with van der Waals surface area (Å²) in [5.74, 6) is -1.27. The van der Waals surface area contributed by atoms with Crippen LogP contribution in [0.25, 0.3) is 0 Å². The summed E-state index contributed by atoms with van der Waals surface area (Å²) < 4.78 is 65.5. The maximum Gasteiger partial charge on any atom is 0.416 e. The first-order chi connectivity index (χ1) is 12.2. The highest BCUT2D eigenvalue weighted by Gasteiger charge is 2.33. The molecular weight excluding hydrogens is 387 g/mol. The molecule has 0 heterocycles. The first kappa shape index (κ1) is 23.4. The summed E-state index contributed by atoms with van der Waals surface area (Å²) in [6.45, 7) is 2.77. The normalized spacial score (nSPS) is 15.0. The van der Waals surface area contributed by atoms with Gasteiger partial charge in [0.2, 0.25) is 10.0 Å². The maximum atomic E-state index is 13.2. The second-order valence-electron chi connectivity index (χ2n) is 6.74. The number of nitrogens with zero attached hydrogens (tertiary/aromatic N) is 1. The third kappa shape index (κ3) is 7.11. The lowest BCUT2D eigenvalue weighted by atomic mass is 9.97. The molecule has 0 spiro atoms. The van der Waals surface area contributed by atoms with Gasteiger partial charge in [-0.2, -0.15) is 17.5 Å². The number of alkyl halides is 3. The van der Waals surface area contributed by atoms with Gasteiger partial charge in [0.25, 0.3) is 0 Å². The molecule has 0 bridgehead atoms. The highest BCUT2D eigenvalue weighted by Crippen LogP contribution is 2.33. The summed E-state index contributed by atoms with van der Waals surface area (Å²) >= 11 is 0. The molecule has 0 aliphatic rings. The average molecular weight is 411 g/mol. The number of likely N-dealkylation sites (N-methyl/N-ethyl adjacent to an activating group) is 1. The number of hydrogen-bond donors (Lipinski definition) is 2. The number of aryl methyl sites for hydroxylation is 1. The van der Waals surface area contributed by atoms with Crippen LogP contribution >= 0.6 is 0 Å². The third-order valence-corrected chi connectivity index (χ3v) is 5.77. The Morgan fingerprint density at radius 3 is 2.30 bits per heavy atom. The fraction of sp³-hybridized carbons (Fsp3) is 0.588. The summed E-state index contributed by atoms with van der Waals surface area (Å²) in [5, 5.41) is 18.1. The minimum atomic E-state index is -4.73. The van der Waals surface area contributed by atoms with E-state index >= 15 is 0 Å². The fourth-order valence-corrected chi connectivity index (χ4v) is 3.93. The van der Waals surface area contributed by atoms with Crippen LogP contribution in [0.3, 0.4) is 0 Å². The van der Waals surface area contributed by atoms with Gasteiger partial charge in [0.15, 0.2) is 0 Å². The van der Waals surface area contributed by atoms with Crippen LogP contribution in [-0.4, -0.2) is 48.6 Å². The first-order valence-electron chi connectivity index (χ1n) is 8.30. The fourth-order valence-electron chi connectivity index (χ4n) is 2.58. The number of aliphatic carboxylic acids is 1. The Hall–Kier alpha value is -1.65. The van der Waals surface area contributed by atoms with E-state index in [1.54, 1.807) is 6.92 Å². The molecule has 0 aliphatic carbocycles. The van der Waals surface area contributed by atoms with Crippen LogP contribution in [-0.2, 0) is 27.4 Å². The van der Waals surface area contributed by atoms with Crippen LogP contribution in [0.5, 0.6) is 0 Å². The van der Waals surface area contributed by atoms with Crippen molar-refractivity contribution in [2.24, 2.45) is 5.92 Å². The summed E-state index contributed by atoms with van der Waals surface area (Å²) in [7, 11) is -3.04. The van der Waals surface area contributed by atoms with Crippen molar-refractivity contribution in [1.29, 1.82) is 0 Å². The number of halogens is 3. The molecule has 0 aliphatic heterocycles. The average Bonchev–Trinajstić information content (AvgIpc) is 2.50. The topological polar surface area (TPSA) is 94.9 Å². The maximum absolute atomic E-state index is 13.2. The monoisotopic (exact) mass is 411 g/mol. The van der Waals surface area contributed by atoms with Crippen LogP contribution in [0.2, 0.25) is 0 Å². The van der Waals surface area contributed by atoms with E-state index in [-0.39, 0.29) is 30.9 Å². The molecule has 0 saturated heterocycles. The minimum Gasteiger partial charge on any atom is -0.481 e. The standard InChI is InChI=1S/C17H24F3NO5S/c1-11(6-16(23)24)4-5-13-7-14(17(18,19)20)9-15(8-13)27(25,26)21(3)10-12(2)22/h7-9,11-12,22H,4-6,10H2,1-3H3,(H,23,24)/t11-,12?/m0/s1. The minimum absolute atomic E-state index is 0.112. The summed E-state index contributed by atoms with van der Waals surface area (Å²) in [6, 6.07) is 2.61. The van der Waals surface area contributed by atoms with E-state index in [0.717, 1.165) is 16.4 Å². The van der Waals surface area contributed by atoms with E-state index in [2.05, 4.69) is 0 Å². The molecule has 0 amide bonds. The van der Waals surface area contributed by atoms with Gasteiger partial charge in [-0.25, -0.2) is 8.42 Å². The second-order valence-corrected chi connectivity index (χ2v) is 8.78. The van der Waals surface area contributed by atoms with Gasteiger partial charge in [-0.3, -0.25) is 4.79 Å². The van der Waals surface area contributed by atoms with Crippen LogP contribution in [0, 0.1) is 5.92 Å². The largest absolute Gasteiger partial charge is 0.481 e. The van der Waals surface area contributed by atoms with Crippen LogP contribution < -0.4 is 0 Å². The number of carboxylic acids is 1. The molecule has 1 aromatic rings. The van der Waals surface area contributed by atoms with Gasteiger partial charge in [-0.15, -0.1) is 0 Å². The van der Waals surface area contributed by atoms with Crippen molar-refractivity contribution in [3.05, 3.63) is 29.3 Å². The van der Waals surface area contributed by atoms with E-state index in [1.807, 2.05) is 0 Å². The predicted octanol–water partition coefficient (Wildman–Crippen LogP) is 2.75. The smallest absolute Gasteiger partial charge is 0.416 e. The molecular formula is C17H24F3NO5S. The van der Waals surface area contributed by atoms with Crippen molar-refractivity contribution >= 4 is 16.0 Å². The number of sulfonamides is 1. The molecule has 154 valence electrons. The zero-order chi connectivity index (χ0) is 21.0. The number of aliphatic hydroxyl groups excluding tert-OH is 1. The molecule has 0 radical (unpaired) electrons. The highest BCUT2D eigenvalue weighted by atomic mass is 32.2. The highest BCUT2D eigenvalue weighted by molar-refractivity contribution is 7.89. The van der Waals surface area contributed by atoms with Gasteiger partial charge in [0.05, 0.1) is 16.6 Å². The zero-order valence-electron chi connectivity index (χ0n) is 15.3. The van der Waals surface area contributed by atoms with E-state index < -0.39 is 38.7 Å². The lowest BCUT2D eigenvalue weighted by Crippen LogP contribution is -2.33. The molecule has 0 fully saturated rings. The van der Waals surface area contributed by atoms with Gasteiger partial charge >= 0.3 is 12.1 Å². The van der Waals surface area contributed by atoms with Crippen molar-refractivity contribution < 1.29 is 36.6 Å². The molecule has 1 unspecified atom stereocenters. The number of carbonyl (C=O) groups is 1. The van der Waals surface area contributed by atoms with Crippen molar-refractivity contribution in [2.45, 2.75) is 50.3 Å². The quantitative estimate of drug-likeness (QED) is 0.652. The lowest BCUT2D eigenvalue weighted by molar-refractivity contribution is -0.138. The van der Waals surface area contributed by atoms with E-state index in [4.69, 9.17) is 5.11 Å². The molecule has 1 rings (SSSR count). The van der Waals surface area contributed by atoms with Gasteiger partial charge in [0, 0.05) is 20.0 Å². The molecule has 27 heavy (non-hydrogen) atoms. The third-order valence-electron chi connectivity index (χ3n) is 3.97. The van der Waals surface area contributed by atoms with Crippen molar-refractivity contribution in [3.8, 4) is 0 Å². The number of rotatable bonds is 9. The Bertz CT molecular complexity index is 762. The summed E-state index contributed by atoms with van der Waals surface area (Å²) in [6.07, 6.45) is -5.42. The Balaban J connectivity index is 3.23. The van der Waals surface area contributed by atoms with Crippen LogP contribution in [0.15, 0.2) is 23.1 Å². The van der Waals surface area contributed by atoms with Gasteiger partial charge < -0.3 is 10.2 Å². The second kappa shape index (κ2) is 9.03. The van der Waals surface area contributed by atoms with Gasteiger partial charge in [-0.1, -0.05) is 6.92 Å². The molecule has 6 nitrogen and oxygen atoms in total. The molecule has 10 heteroatoms. The molecule has 0 aromatic heterocycles. The Morgan fingerprint density at radius 1 is 1.22 bits per heavy atom. The molecule has 0 saturated carbocycles. The Labute approximate surface area is 156 Å². The Morgan fingerprint density at radius 2 is 1.81 bits per heavy atom. The summed E-state index contributed by atoms with van der Waals surface area (Å²) in [4.78, 5) is 10.2. The van der Waals surface area contributed by atoms with Crippen molar-refractivity contribution in [2.75, 3.05) is 13.6 Å². The molecule has 2 N–H and O–H groups in total. The van der Waals surface area contributed by atoms with Gasteiger partial charge in [-0.05, 0) is 49.4 Å². The van der Waals surface area contributed by atoms with E-state index in [0.29, 0.717) is 12.5 Å². The SMILES string of the molecule is CC(O)CN(C)S(=O)(=O)c1cc(CC[C@H](C)CC(=O)O)cc(C(F)(F)F)c1. The van der Waals surface area contributed by atoms with E-state index in [9.17, 15) is 31.5 Å². The van der Waals surface area contributed by atoms with Gasteiger partial charge in [0.1, 0.15) is 0 Å². The number of hydrogen-bond acceptors (Lipinski definition) is 4. The van der Waals surface area contributed by atoms with E-state index in [1.165, 1.54) is 14.0 Å². The number of aliphatic hydroxyl groups is 1. The predicted molar refractivity (Wildman–Crippen MR) is 92.7 cm³/mol. The zero-order valence-corrected chi connectivity index (χ0v) is 16.1. The van der Waals surface area contributed by atoms with Crippen LogP contribution in [0.1, 0.15) is 37.8 Å². The number of benzene rings is 1. The molecule has 2 atom stereocenters. The Kier molecular flexibility index (Phi) is 7.82. The number of carboxylic acid groups (broad SMARTS) is 1. The first-order valence-corrected chi connectivity index (χ1v) is 9.75.